The number of hydrogen-bond acceptors (Lipinski definition) is 5. The number of amides is 1. The van der Waals surface area contributed by atoms with Crippen molar-refractivity contribution in [3.8, 4) is 0 Å². The number of nitrogens with zero attached hydrogens (tertiary/aromatic N) is 1. The summed E-state index contributed by atoms with van der Waals surface area (Å²) in [5.74, 6) is -0.636. The van der Waals surface area contributed by atoms with Gasteiger partial charge < -0.3 is 5.32 Å². The summed E-state index contributed by atoms with van der Waals surface area (Å²) in [5.41, 5.74) is -0.0150. The molecule has 1 aliphatic rings. The topological polar surface area (TPSA) is 118 Å². The van der Waals surface area contributed by atoms with Crippen molar-refractivity contribution in [3.63, 3.8) is 0 Å². The molecule has 0 unspecified atom stereocenters. The molecule has 0 aliphatic heterocycles. The number of carbonyl (C=O) groups excluding carboxylic acids is 1. The molecule has 0 heterocycles. The first-order chi connectivity index (χ1) is 13.4. The smallest absolute Gasteiger partial charge is 0.282 e. The Morgan fingerprint density at radius 2 is 1.64 bits per heavy atom. The zero-order valence-electron chi connectivity index (χ0n) is 15.1. The summed E-state index contributed by atoms with van der Waals surface area (Å²) < 4.78 is 27.7. The van der Waals surface area contributed by atoms with Gasteiger partial charge in [-0.05, 0) is 43.2 Å². The monoisotopic (exact) mass is 403 g/mol. The summed E-state index contributed by atoms with van der Waals surface area (Å²) in [4.78, 5) is 22.9. The molecule has 0 atom stereocenters. The van der Waals surface area contributed by atoms with E-state index in [9.17, 15) is 23.3 Å². The number of carbonyl (C=O) groups is 1. The van der Waals surface area contributed by atoms with Crippen molar-refractivity contribution in [1.29, 1.82) is 0 Å². The maximum absolute atomic E-state index is 12.5. The molecule has 0 radical (unpaired) electrons. The lowest BCUT2D eigenvalue weighted by Gasteiger charge is -2.22. The van der Waals surface area contributed by atoms with Gasteiger partial charge in [-0.15, -0.1) is 0 Å². The van der Waals surface area contributed by atoms with Gasteiger partial charge in [-0.25, -0.2) is 13.1 Å². The SMILES string of the molecule is O=C(Nc1ccc(S(=O)(=O)NC2CCCCC2)cc1)c1ccccc1[N+](=O)[O-]. The highest BCUT2D eigenvalue weighted by Crippen LogP contribution is 2.22. The van der Waals surface area contributed by atoms with Crippen LogP contribution >= 0.6 is 0 Å². The van der Waals surface area contributed by atoms with Crippen LogP contribution in [0.3, 0.4) is 0 Å². The second-order valence-corrected chi connectivity index (χ2v) is 8.42. The number of para-hydroxylation sites is 1. The van der Waals surface area contributed by atoms with Crippen LogP contribution in [0.25, 0.3) is 0 Å². The third kappa shape index (κ3) is 4.73. The summed E-state index contributed by atoms with van der Waals surface area (Å²) in [6.07, 6.45) is 4.84. The van der Waals surface area contributed by atoms with Gasteiger partial charge in [-0.1, -0.05) is 31.4 Å². The average molecular weight is 403 g/mol. The van der Waals surface area contributed by atoms with Crippen molar-refractivity contribution in [2.24, 2.45) is 0 Å². The van der Waals surface area contributed by atoms with E-state index in [4.69, 9.17) is 0 Å². The lowest BCUT2D eigenvalue weighted by Crippen LogP contribution is -2.36. The Hall–Kier alpha value is -2.78. The first-order valence-corrected chi connectivity index (χ1v) is 10.5. The van der Waals surface area contributed by atoms with E-state index in [2.05, 4.69) is 10.0 Å². The molecule has 0 aromatic heterocycles. The Morgan fingerprint density at radius 1 is 1.00 bits per heavy atom. The molecule has 1 aliphatic carbocycles. The Morgan fingerprint density at radius 3 is 2.29 bits per heavy atom. The Bertz CT molecular complexity index is 967. The third-order valence-corrected chi connectivity index (χ3v) is 6.23. The Labute approximate surface area is 163 Å². The number of nitro groups is 1. The van der Waals surface area contributed by atoms with Gasteiger partial charge in [0.05, 0.1) is 9.82 Å². The van der Waals surface area contributed by atoms with E-state index in [1.807, 2.05) is 0 Å². The van der Waals surface area contributed by atoms with E-state index in [1.165, 1.54) is 48.5 Å². The normalized spacial score (nSPS) is 15.1. The van der Waals surface area contributed by atoms with Gasteiger partial charge >= 0.3 is 0 Å². The third-order valence-electron chi connectivity index (χ3n) is 4.69. The van der Waals surface area contributed by atoms with Gasteiger partial charge in [-0.3, -0.25) is 14.9 Å². The fourth-order valence-corrected chi connectivity index (χ4v) is 4.55. The van der Waals surface area contributed by atoms with Gasteiger partial charge in [-0.2, -0.15) is 0 Å². The van der Waals surface area contributed by atoms with Crippen molar-refractivity contribution >= 4 is 27.3 Å². The molecule has 1 saturated carbocycles. The first-order valence-electron chi connectivity index (χ1n) is 9.04. The van der Waals surface area contributed by atoms with Crippen LogP contribution in [0.2, 0.25) is 0 Å². The maximum Gasteiger partial charge on any atom is 0.282 e. The second-order valence-electron chi connectivity index (χ2n) is 6.71. The molecule has 3 rings (SSSR count). The molecule has 1 fully saturated rings. The maximum atomic E-state index is 12.5. The van der Waals surface area contributed by atoms with Crippen molar-refractivity contribution in [2.45, 2.75) is 43.0 Å². The van der Waals surface area contributed by atoms with E-state index >= 15 is 0 Å². The van der Waals surface area contributed by atoms with Crippen molar-refractivity contribution in [1.82, 2.24) is 4.72 Å². The number of sulfonamides is 1. The van der Waals surface area contributed by atoms with Gasteiger partial charge in [0, 0.05) is 17.8 Å². The van der Waals surface area contributed by atoms with Crippen LogP contribution in [0.15, 0.2) is 53.4 Å². The van der Waals surface area contributed by atoms with E-state index < -0.39 is 20.9 Å². The quantitative estimate of drug-likeness (QED) is 0.566. The lowest BCUT2D eigenvalue weighted by atomic mass is 9.96. The van der Waals surface area contributed by atoms with Crippen LogP contribution in [0, 0.1) is 10.1 Å². The molecular weight excluding hydrogens is 382 g/mol. The average Bonchev–Trinajstić information content (AvgIpc) is 2.69. The minimum Gasteiger partial charge on any atom is -0.322 e. The van der Waals surface area contributed by atoms with Crippen LogP contribution in [-0.4, -0.2) is 25.3 Å². The van der Waals surface area contributed by atoms with E-state index in [0.29, 0.717) is 5.69 Å². The first kappa shape index (κ1) is 20.0. The molecule has 2 N–H and O–H groups in total. The lowest BCUT2D eigenvalue weighted by molar-refractivity contribution is -0.385. The van der Waals surface area contributed by atoms with Gasteiger partial charge in [0.1, 0.15) is 5.56 Å². The van der Waals surface area contributed by atoms with E-state index in [-0.39, 0.29) is 22.2 Å². The summed E-state index contributed by atoms with van der Waals surface area (Å²) >= 11 is 0. The highest BCUT2D eigenvalue weighted by atomic mass is 32.2. The fourth-order valence-electron chi connectivity index (χ4n) is 3.25. The molecule has 28 heavy (non-hydrogen) atoms. The number of rotatable bonds is 6. The summed E-state index contributed by atoms with van der Waals surface area (Å²) in [6, 6.07) is 11.3. The van der Waals surface area contributed by atoms with Crippen LogP contribution in [0.1, 0.15) is 42.5 Å². The minimum atomic E-state index is -3.63. The van der Waals surface area contributed by atoms with Crippen molar-refractivity contribution in [2.75, 3.05) is 5.32 Å². The van der Waals surface area contributed by atoms with Gasteiger partial charge in [0.15, 0.2) is 0 Å². The largest absolute Gasteiger partial charge is 0.322 e. The van der Waals surface area contributed by atoms with Crippen LogP contribution < -0.4 is 10.0 Å². The molecule has 8 nitrogen and oxygen atoms in total. The summed E-state index contributed by atoms with van der Waals surface area (Å²) in [6.45, 7) is 0. The standard InChI is InChI=1S/C19H21N3O5S/c23-19(17-8-4-5-9-18(17)22(24)25)20-14-10-12-16(13-11-14)28(26,27)21-15-6-2-1-3-7-15/h4-5,8-13,15,21H,1-3,6-7H2,(H,20,23). The molecule has 2 aromatic rings. The predicted octanol–water partition coefficient (Wildman–Crippen LogP) is 3.46. The van der Waals surface area contributed by atoms with Crippen molar-refractivity contribution in [3.05, 3.63) is 64.2 Å². The molecular formula is C19H21N3O5S. The molecule has 0 saturated heterocycles. The Balaban J connectivity index is 1.70. The summed E-state index contributed by atoms with van der Waals surface area (Å²) in [7, 11) is -3.63. The number of benzene rings is 2. The molecule has 1 amide bonds. The predicted molar refractivity (Wildman–Crippen MR) is 105 cm³/mol. The number of nitrogens with one attached hydrogen (secondary N) is 2. The van der Waals surface area contributed by atoms with Crippen LogP contribution in [0.4, 0.5) is 11.4 Å². The minimum absolute atomic E-state index is 0.0447. The summed E-state index contributed by atoms with van der Waals surface area (Å²) in [5, 5.41) is 13.6. The number of hydrogen-bond donors (Lipinski definition) is 2. The second kappa shape index (κ2) is 8.49. The highest BCUT2D eigenvalue weighted by Gasteiger charge is 2.22. The van der Waals surface area contributed by atoms with E-state index in [1.54, 1.807) is 0 Å². The van der Waals surface area contributed by atoms with Gasteiger partial charge in [0.25, 0.3) is 11.6 Å². The molecule has 0 bridgehead atoms. The zero-order valence-corrected chi connectivity index (χ0v) is 15.9. The molecule has 9 heteroatoms. The van der Waals surface area contributed by atoms with E-state index in [0.717, 1.165) is 32.1 Å². The molecule has 0 spiro atoms. The van der Waals surface area contributed by atoms with Crippen LogP contribution in [-0.2, 0) is 10.0 Å². The van der Waals surface area contributed by atoms with Crippen LogP contribution in [0.5, 0.6) is 0 Å². The van der Waals surface area contributed by atoms with Gasteiger partial charge in [0.2, 0.25) is 10.0 Å². The zero-order chi connectivity index (χ0) is 20.1. The molecule has 148 valence electrons. The Kier molecular flexibility index (Phi) is 6.05. The fraction of sp³-hybridized carbons (Fsp3) is 0.316. The van der Waals surface area contributed by atoms with Crippen molar-refractivity contribution < 1.29 is 18.1 Å². The molecule has 2 aromatic carbocycles. The number of anilines is 1. The highest BCUT2D eigenvalue weighted by molar-refractivity contribution is 7.89. The number of nitro benzene ring substituents is 1.